The van der Waals surface area contributed by atoms with Gasteiger partial charge in [0, 0.05) is 5.92 Å². The number of allylic oxidation sites excluding steroid dienone is 8. The Morgan fingerprint density at radius 2 is 1.76 bits per heavy atom. The summed E-state index contributed by atoms with van der Waals surface area (Å²) in [6.45, 7) is 13.4. The van der Waals surface area contributed by atoms with Gasteiger partial charge in [-0.3, -0.25) is 0 Å². The number of hydrogen-bond donors (Lipinski definition) is 0. The standard InChI is InChI=1S/C17H26/c1-7-8-13(3)16(6)17-11-15(5)12(2)9-10-14(17)4/h7-10,15,17H,11H2,1-6H3/b8-7-,16-13+. The van der Waals surface area contributed by atoms with E-state index < -0.39 is 0 Å². The van der Waals surface area contributed by atoms with E-state index >= 15 is 0 Å². The smallest absolute Gasteiger partial charge is 0.00158 e. The van der Waals surface area contributed by atoms with Gasteiger partial charge in [-0.25, -0.2) is 0 Å². The molecule has 94 valence electrons. The van der Waals surface area contributed by atoms with Crippen LogP contribution in [0, 0.1) is 11.8 Å². The lowest BCUT2D eigenvalue weighted by atomic mass is 9.82. The molecule has 0 saturated heterocycles. The minimum Gasteiger partial charge on any atom is -0.0874 e. The van der Waals surface area contributed by atoms with E-state index in [4.69, 9.17) is 0 Å². The maximum absolute atomic E-state index is 2.34. The molecule has 0 amide bonds. The van der Waals surface area contributed by atoms with Crippen LogP contribution in [0.4, 0.5) is 0 Å². The van der Waals surface area contributed by atoms with Gasteiger partial charge in [0.1, 0.15) is 0 Å². The van der Waals surface area contributed by atoms with Crippen molar-refractivity contribution in [2.45, 2.75) is 48.0 Å². The van der Waals surface area contributed by atoms with E-state index in [0.29, 0.717) is 11.8 Å². The fourth-order valence-corrected chi connectivity index (χ4v) is 2.44. The molecule has 2 unspecified atom stereocenters. The molecule has 0 aromatic carbocycles. The van der Waals surface area contributed by atoms with Crippen LogP contribution in [-0.4, -0.2) is 0 Å². The largest absolute Gasteiger partial charge is 0.0874 e. The van der Waals surface area contributed by atoms with Crippen molar-refractivity contribution in [1.29, 1.82) is 0 Å². The molecular formula is C17H26. The number of rotatable bonds is 2. The van der Waals surface area contributed by atoms with Crippen molar-refractivity contribution in [2.24, 2.45) is 11.8 Å². The predicted octanol–water partition coefficient (Wildman–Crippen LogP) is 5.45. The fraction of sp³-hybridized carbons (Fsp3) is 0.529. The first-order valence-corrected chi connectivity index (χ1v) is 6.62. The molecule has 1 rings (SSSR count). The van der Waals surface area contributed by atoms with Crippen molar-refractivity contribution in [1.82, 2.24) is 0 Å². The summed E-state index contributed by atoms with van der Waals surface area (Å²) < 4.78 is 0. The Morgan fingerprint density at radius 1 is 1.18 bits per heavy atom. The van der Waals surface area contributed by atoms with Crippen LogP contribution in [0.1, 0.15) is 48.0 Å². The zero-order valence-electron chi connectivity index (χ0n) is 12.2. The van der Waals surface area contributed by atoms with Crippen molar-refractivity contribution < 1.29 is 0 Å². The molecule has 0 aromatic rings. The lowest BCUT2D eigenvalue weighted by Crippen LogP contribution is -2.09. The SMILES string of the molecule is C/C=C\C(C)=C(/C)C1CC(C)C(C)=CC=C1C. The molecule has 0 heteroatoms. The lowest BCUT2D eigenvalue weighted by Gasteiger charge is -2.22. The first kappa shape index (κ1) is 14.0. The van der Waals surface area contributed by atoms with Crippen LogP contribution in [0.2, 0.25) is 0 Å². The van der Waals surface area contributed by atoms with Crippen LogP contribution in [0.3, 0.4) is 0 Å². The van der Waals surface area contributed by atoms with E-state index in [9.17, 15) is 0 Å². The Labute approximate surface area is 107 Å². The highest BCUT2D eigenvalue weighted by Crippen LogP contribution is 2.34. The quantitative estimate of drug-likeness (QED) is 0.553. The average molecular weight is 230 g/mol. The second-order valence-corrected chi connectivity index (χ2v) is 5.38. The van der Waals surface area contributed by atoms with Crippen molar-refractivity contribution >= 4 is 0 Å². The first-order chi connectivity index (χ1) is 7.97. The van der Waals surface area contributed by atoms with Gasteiger partial charge in [-0.2, -0.15) is 0 Å². The topological polar surface area (TPSA) is 0 Å². The predicted molar refractivity (Wildman–Crippen MR) is 78.0 cm³/mol. The summed E-state index contributed by atoms with van der Waals surface area (Å²) >= 11 is 0. The van der Waals surface area contributed by atoms with Crippen molar-refractivity contribution in [3.8, 4) is 0 Å². The third kappa shape index (κ3) is 3.46. The van der Waals surface area contributed by atoms with Crippen molar-refractivity contribution in [3.63, 3.8) is 0 Å². The normalized spacial score (nSPS) is 27.4. The minimum absolute atomic E-state index is 0.606. The van der Waals surface area contributed by atoms with E-state index in [1.165, 1.54) is 28.7 Å². The summed E-state index contributed by atoms with van der Waals surface area (Å²) in [5.41, 5.74) is 5.93. The molecule has 1 aliphatic rings. The second kappa shape index (κ2) is 6.05. The van der Waals surface area contributed by atoms with E-state index in [0.717, 1.165) is 0 Å². The van der Waals surface area contributed by atoms with Gasteiger partial charge in [0.15, 0.2) is 0 Å². The zero-order chi connectivity index (χ0) is 13.0. The summed E-state index contributed by atoms with van der Waals surface area (Å²) in [6, 6.07) is 0. The molecule has 0 bridgehead atoms. The Balaban J connectivity index is 3.04. The molecule has 0 nitrogen and oxygen atoms in total. The fourth-order valence-electron chi connectivity index (χ4n) is 2.44. The maximum Gasteiger partial charge on any atom is 0.00158 e. The molecule has 2 atom stereocenters. The van der Waals surface area contributed by atoms with E-state index in [1.54, 1.807) is 0 Å². The van der Waals surface area contributed by atoms with E-state index in [2.05, 4.69) is 65.8 Å². The van der Waals surface area contributed by atoms with Crippen LogP contribution in [-0.2, 0) is 0 Å². The van der Waals surface area contributed by atoms with Crippen molar-refractivity contribution in [2.75, 3.05) is 0 Å². The molecule has 0 spiro atoms. The first-order valence-electron chi connectivity index (χ1n) is 6.62. The van der Waals surface area contributed by atoms with Gasteiger partial charge < -0.3 is 0 Å². The Kier molecular flexibility index (Phi) is 4.99. The third-order valence-corrected chi connectivity index (χ3v) is 4.09. The molecule has 0 aromatic heterocycles. The van der Waals surface area contributed by atoms with Gasteiger partial charge in [0.05, 0.1) is 0 Å². The van der Waals surface area contributed by atoms with E-state index in [-0.39, 0.29) is 0 Å². The molecular weight excluding hydrogens is 204 g/mol. The zero-order valence-corrected chi connectivity index (χ0v) is 12.2. The molecule has 0 radical (unpaired) electrons. The van der Waals surface area contributed by atoms with Gasteiger partial charge in [-0.1, -0.05) is 53.5 Å². The van der Waals surface area contributed by atoms with Crippen LogP contribution >= 0.6 is 0 Å². The van der Waals surface area contributed by atoms with Crippen molar-refractivity contribution in [3.05, 3.63) is 46.6 Å². The summed E-state index contributed by atoms with van der Waals surface area (Å²) in [7, 11) is 0. The second-order valence-electron chi connectivity index (χ2n) is 5.38. The summed E-state index contributed by atoms with van der Waals surface area (Å²) in [4.78, 5) is 0. The average Bonchev–Trinajstić information content (AvgIpc) is 2.42. The molecule has 0 saturated carbocycles. The molecule has 0 aliphatic heterocycles. The van der Waals surface area contributed by atoms with Crippen LogP contribution in [0.15, 0.2) is 46.6 Å². The monoisotopic (exact) mass is 230 g/mol. The highest BCUT2D eigenvalue weighted by molar-refractivity contribution is 5.33. The molecule has 17 heavy (non-hydrogen) atoms. The van der Waals surface area contributed by atoms with Gasteiger partial charge in [-0.15, -0.1) is 0 Å². The van der Waals surface area contributed by atoms with Crippen LogP contribution in [0.5, 0.6) is 0 Å². The Hall–Kier alpha value is -1.04. The summed E-state index contributed by atoms with van der Waals surface area (Å²) in [6.07, 6.45) is 10.2. The lowest BCUT2D eigenvalue weighted by molar-refractivity contribution is 0.524. The highest BCUT2D eigenvalue weighted by Gasteiger charge is 2.20. The van der Waals surface area contributed by atoms with Gasteiger partial charge in [-0.05, 0) is 47.0 Å². The highest BCUT2D eigenvalue weighted by atomic mass is 14.2. The molecule has 1 aliphatic carbocycles. The Morgan fingerprint density at radius 3 is 2.35 bits per heavy atom. The van der Waals surface area contributed by atoms with Gasteiger partial charge >= 0.3 is 0 Å². The summed E-state index contributed by atoms with van der Waals surface area (Å²) in [5, 5.41) is 0. The third-order valence-electron chi connectivity index (χ3n) is 4.09. The summed E-state index contributed by atoms with van der Waals surface area (Å²) in [5.74, 6) is 1.29. The molecule has 0 heterocycles. The molecule has 0 fully saturated rings. The van der Waals surface area contributed by atoms with Crippen LogP contribution < -0.4 is 0 Å². The maximum atomic E-state index is 2.34. The van der Waals surface area contributed by atoms with Gasteiger partial charge in [0.2, 0.25) is 0 Å². The van der Waals surface area contributed by atoms with E-state index in [1.807, 2.05) is 0 Å². The van der Waals surface area contributed by atoms with Gasteiger partial charge in [0.25, 0.3) is 0 Å². The number of hydrogen-bond acceptors (Lipinski definition) is 0. The Bertz CT molecular complexity index is 388. The molecule has 0 N–H and O–H groups in total. The minimum atomic E-state index is 0.606. The van der Waals surface area contributed by atoms with Crippen LogP contribution in [0.25, 0.3) is 0 Å².